The lowest BCUT2D eigenvalue weighted by Crippen LogP contribution is -2.45. The number of halogens is 2. The first-order valence-corrected chi connectivity index (χ1v) is 14.6. The Morgan fingerprint density at radius 2 is 2.05 bits per heavy atom. The topological polar surface area (TPSA) is 96.8 Å². The minimum absolute atomic E-state index is 0.144. The molecular weight excluding hydrogens is 579 g/mol. The van der Waals surface area contributed by atoms with Crippen molar-refractivity contribution < 1.29 is 23.8 Å². The Morgan fingerprint density at radius 3 is 2.79 bits per heavy atom. The van der Waals surface area contributed by atoms with Crippen molar-refractivity contribution in [2.75, 3.05) is 11.9 Å². The molecule has 218 valence electrons. The van der Waals surface area contributed by atoms with Gasteiger partial charge in [0.25, 0.3) is 0 Å². The molecule has 1 amide bonds. The number of hydrogen-bond donors (Lipinski definition) is 2. The van der Waals surface area contributed by atoms with E-state index in [2.05, 4.69) is 27.1 Å². The number of ether oxygens (including phenoxy) is 2. The number of hydrogen-bond acceptors (Lipinski definition) is 8. The SMILES string of the molecule is CC(C)(C)OC(=O)N1C(C#Cc2cc3ncnc(Nc4ccc(OCc5cccc(F)c5)c(Cl)c4)c3s2)CC[C@H]1CO. The van der Waals surface area contributed by atoms with Crippen LogP contribution in [0.15, 0.2) is 54.9 Å². The first-order valence-electron chi connectivity index (χ1n) is 13.4. The lowest BCUT2D eigenvalue weighted by molar-refractivity contribution is 0.0133. The fourth-order valence-electron chi connectivity index (χ4n) is 4.57. The number of benzene rings is 2. The number of carbonyl (C=O) groups excluding carboxylic acids is 1. The number of fused-ring (bicyclic) bond motifs is 1. The molecule has 2 atom stereocenters. The number of carbonyl (C=O) groups is 1. The number of aliphatic hydroxyl groups excluding tert-OH is 1. The molecule has 3 heterocycles. The maximum Gasteiger partial charge on any atom is 0.411 e. The fraction of sp³-hybridized carbons (Fsp3) is 0.323. The Balaban J connectivity index is 1.31. The normalized spacial score (nSPS) is 16.7. The molecule has 4 aromatic rings. The van der Waals surface area contributed by atoms with Crippen molar-refractivity contribution in [2.24, 2.45) is 0 Å². The molecule has 11 heteroatoms. The van der Waals surface area contributed by atoms with Crippen LogP contribution in [0, 0.1) is 17.7 Å². The molecule has 0 bridgehead atoms. The van der Waals surface area contributed by atoms with Crippen molar-refractivity contribution >= 4 is 50.8 Å². The molecule has 0 radical (unpaired) electrons. The molecule has 2 aromatic heterocycles. The van der Waals surface area contributed by atoms with Crippen LogP contribution in [-0.2, 0) is 11.3 Å². The molecule has 0 saturated carbocycles. The number of nitrogens with zero attached hydrogens (tertiary/aromatic N) is 3. The molecule has 8 nitrogen and oxygen atoms in total. The van der Waals surface area contributed by atoms with Gasteiger partial charge < -0.3 is 19.9 Å². The van der Waals surface area contributed by atoms with E-state index in [9.17, 15) is 14.3 Å². The van der Waals surface area contributed by atoms with Crippen LogP contribution < -0.4 is 10.1 Å². The minimum Gasteiger partial charge on any atom is -0.487 e. The van der Waals surface area contributed by atoms with Crippen LogP contribution in [-0.4, -0.2) is 50.4 Å². The van der Waals surface area contributed by atoms with Crippen LogP contribution in [0.1, 0.15) is 44.1 Å². The standard InChI is InChI=1S/C31H30ClFN4O4S/c1-31(2,3)41-30(39)37-22(8-9-23(37)16-38)10-11-24-15-26-28(42-24)29(35-18-34-26)36-21-7-12-27(25(32)14-21)40-17-19-5-4-6-20(33)13-19/h4-7,12-15,18,22-23,38H,8-9,16-17H2,1-3H3,(H,34,35,36)/t22?,23-/m0/s1. The Morgan fingerprint density at radius 1 is 1.21 bits per heavy atom. The first-order chi connectivity index (χ1) is 20.1. The van der Waals surface area contributed by atoms with E-state index in [1.807, 2.05) is 32.9 Å². The molecule has 2 aromatic carbocycles. The number of nitrogens with one attached hydrogen (secondary N) is 1. The molecular formula is C31H30ClFN4O4S. The minimum atomic E-state index is -0.647. The maximum atomic E-state index is 13.4. The zero-order valence-corrected chi connectivity index (χ0v) is 24.9. The molecule has 0 aliphatic carbocycles. The van der Waals surface area contributed by atoms with Gasteiger partial charge in [0.1, 0.15) is 30.1 Å². The number of aromatic nitrogens is 2. The fourth-order valence-corrected chi connectivity index (χ4v) is 5.73. The van der Waals surface area contributed by atoms with Crippen molar-refractivity contribution in [1.82, 2.24) is 14.9 Å². The highest BCUT2D eigenvalue weighted by molar-refractivity contribution is 7.20. The summed E-state index contributed by atoms with van der Waals surface area (Å²) in [4.78, 5) is 24.0. The molecule has 1 aliphatic heterocycles. The summed E-state index contributed by atoms with van der Waals surface area (Å²) in [7, 11) is 0. The molecule has 1 fully saturated rings. The Hall–Kier alpha value is -3.91. The predicted octanol–water partition coefficient (Wildman–Crippen LogP) is 6.92. The molecule has 1 unspecified atom stereocenters. The van der Waals surface area contributed by atoms with Crippen molar-refractivity contribution in [3.05, 3.63) is 76.1 Å². The van der Waals surface area contributed by atoms with Gasteiger partial charge in [-0.15, -0.1) is 11.3 Å². The van der Waals surface area contributed by atoms with Gasteiger partial charge in [-0.25, -0.2) is 19.2 Å². The van der Waals surface area contributed by atoms with Crippen LogP contribution in [0.3, 0.4) is 0 Å². The summed E-state index contributed by atoms with van der Waals surface area (Å²) in [5, 5.41) is 13.5. The van der Waals surface area contributed by atoms with E-state index in [0.29, 0.717) is 40.7 Å². The van der Waals surface area contributed by atoms with E-state index in [1.54, 1.807) is 29.2 Å². The van der Waals surface area contributed by atoms with E-state index in [4.69, 9.17) is 21.1 Å². The van der Waals surface area contributed by atoms with Crippen LogP contribution in [0.5, 0.6) is 5.75 Å². The van der Waals surface area contributed by atoms with E-state index < -0.39 is 11.7 Å². The van der Waals surface area contributed by atoms with Crippen molar-refractivity contribution in [3.63, 3.8) is 0 Å². The Labute approximate surface area is 252 Å². The van der Waals surface area contributed by atoms with E-state index in [-0.39, 0.29) is 31.1 Å². The number of rotatable bonds is 6. The molecule has 2 N–H and O–H groups in total. The second-order valence-corrected chi connectivity index (χ2v) is 12.3. The van der Waals surface area contributed by atoms with E-state index in [0.717, 1.165) is 15.1 Å². The van der Waals surface area contributed by atoms with Crippen molar-refractivity contribution in [3.8, 4) is 17.6 Å². The Kier molecular flexibility index (Phi) is 8.82. The average molecular weight is 609 g/mol. The summed E-state index contributed by atoms with van der Waals surface area (Å²) in [5.74, 6) is 7.14. The van der Waals surface area contributed by atoms with Gasteiger partial charge in [0, 0.05) is 5.69 Å². The number of aliphatic hydroxyl groups is 1. The van der Waals surface area contributed by atoms with Crippen LogP contribution >= 0.6 is 22.9 Å². The molecule has 42 heavy (non-hydrogen) atoms. The Bertz CT molecular complexity index is 1660. The number of anilines is 2. The van der Waals surface area contributed by atoms with Crippen LogP contribution in [0.2, 0.25) is 5.02 Å². The van der Waals surface area contributed by atoms with Gasteiger partial charge in [-0.2, -0.15) is 0 Å². The molecule has 1 saturated heterocycles. The second kappa shape index (κ2) is 12.5. The average Bonchev–Trinajstić information content (AvgIpc) is 3.55. The molecule has 5 rings (SSSR count). The van der Waals surface area contributed by atoms with Gasteiger partial charge in [-0.1, -0.05) is 35.6 Å². The van der Waals surface area contributed by atoms with E-state index >= 15 is 0 Å². The smallest absolute Gasteiger partial charge is 0.411 e. The summed E-state index contributed by atoms with van der Waals surface area (Å²) in [5.41, 5.74) is 1.48. The van der Waals surface area contributed by atoms with Gasteiger partial charge in [-0.3, -0.25) is 4.90 Å². The second-order valence-electron chi connectivity index (χ2n) is 10.8. The molecule has 1 aliphatic rings. The summed E-state index contributed by atoms with van der Waals surface area (Å²) in [6.45, 7) is 5.47. The van der Waals surface area contributed by atoms with Gasteiger partial charge in [0.2, 0.25) is 0 Å². The quantitative estimate of drug-likeness (QED) is 0.229. The van der Waals surface area contributed by atoms with Gasteiger partial charge in [-0.05, 0) is 75.6 Å². The van der Waals surface area contributed by atoms with Crippen LogP contribution in [0.4, 0.5) is 20.7 Å². The monoisotopic (exact) mass is 608 g/mol. The van der Waals surface area contributed by atoms with Crippen LogP contribution in [0.25, 0.3) is 10.2 Å². The van der Waals surface area contributed by atoms with E-state index in [1.165, 1.54) is 29.8 Å². The molecule has 0 spiro atoms. The maximum absolute atomic E-state index is 13.4. The zero-order chi connectivity index (χ0) is 29.9. The van der Waals surface area contributed by atoms with Crippen molar-refractivity contribution in [2.45, 2.75) is 57.9 Å². The lowest BCUT2D eigenvalue weighted by atomic mass is 10.2. The highest BCUT2D eigenvalue weighted by Crippen LogP contribution is 2.34. The first kappa shape index (κ1) is 29.6. The largest absolute Gasteiger partial charge is 0.487 e. The summed E-state index contributed by atoms with van der Waals surface area (Å²) >= 11 is 7.90. The third-order valence-corrected chi connectivity index (χ3v) is 7.81. The van der Waals surface area contributed by atoms with Gasteiger partial charge in [0.05, 0.1) is 38.8 Å². The van der Waals surface area contributed by atoms with Gasteiger partial charge >= 0.3 is 6.09 Å². The summed E-state index contributed by atoms with van der Waals surface area (Å²) in [6.07, 6.45) is 2.30. The van der Waals surface area contributed by atoms with Gasteiger partial charge in [0.15, 0.2) is 5.82 Å². The number of thiophene rings is 1. The summed E-state index contributed by atoms with van der Waals surface area (Å²) < 4.78 is 25.6. The summed E-state index contributed by atoms with van der Waals surface area (Å²) in [6, 6.07) is 12.7. The highest BCUT2D eigenvalue weighted by atomic mass is 35.5. The zero-order valence-electron chi connectivity index (χ0n) is 23.4. The third-order valence-electron chi connectivity index (χ3n) is 6.47. The lowest BCUT2D eigenvalue weighted by Gasteiger charge is -2.30. The number of likely N-dealkylation sites (tertiary alicyclic amines) is 1. The number of amides is 1. The highest BCUT2D eigenvalue weighted by Gasteiger charge is 2.38. The third kappa shape index (κ3) is 7.10. The predicted molar refractivity (Wildman–Crippen MR) is 162 cm³/mol. The van der Waals surface area contributed by atoms with Crippen molar-refractivity contribution in [1.29, 1.82) is 0 Å².